The summed E-state index contributed by atoms with van der Waals surface area (Å²) in [4.78, 5) is 22.7. The average Bonchev–Trinajstić information content (AvgIpc) is 3.48. The minimum atomic E-state index is -0.623. The fourth-order valence-electron chi connectivity index (χ4n) is 8.24. The lowest BCUT2D eigenvalue weighted by Crippen LogP contribution is -2.49. The van der Waals surface area contributed by atoms with Gasteiger partial charge in [-0.2, -0.15) is 0 Å². The highest BCUT2D eigenvalue weighted by atomic mass is 35.5. The van der Waals surface area contributed by atoms with Gasteiger partial charge >= 0.3 is 0 Å². The molecular formula is C35H38ClFN4O. The third-order valence-electron chi connectivity index (χ3n) is 10.4. The van der Waals surface area contributed by atoms with E-state index in [0.29, 0.717) is 31.2 Å². The van der Waals surface area contributed by atoms with Gasteiger partial charge in [-0.15, -0.1) is 0 Å². The van der Waals surface area contributed by atoms with Crippen LogP contribution in [0.4, 0.5) is 4.39 Å². The fraction of sp³-hybridized carbons (Fsp3) is 0.429. The van der Waals surface area contributed by atoms with Crippen LogP contribution in [0, 0.1) is 12.7 Å². The molecule has 3 atom stereocenters. The Morgan fingerprint density at radius 3 is 2.36 bits per heavy atom. The summed E-state index contributed by atoms with van der Waals surface area (Å²) in [6.45, 7) is 4.44. The molecule has 1 unspecified atom stereocenters. The van der Waals surface area contributed by atoms with Gasteiger partial charge in [0.1, 0.15) is 5.82 Å². The molecule has 1 aromatic heterocycles. The number of benzene rings is 3. The minimum Gasteiger partial charge on any atom is -0.338 e. The van der Waals surface area contributed by atoms with Crippen LogP contribution < -0.4 is 0 Å². The van der Waals surface area contributed by atoms with Crippen molar-refractivity contribution in [1.29, 1.82) is 0 Å². The van der Waals surface area contributed by atoms with E-state index in [4.69, 9.17) is 16.6 Å². The summed E-state index contributed by atoms with van der Waals surface area (Å²) >= 11 is 5.98. The van der Waals surface area contributed by atoms with Crippen molar-refractivity contribution in [3.63, 3.8) is 0 Å². The third kappa shape index (κ3) is 4.83. The molecule has 3 fully saturated rings. The molecule has 42 heavy (non-hydrogen) atoms. The number of rotatable bonds is 6. The highest BCUT2D eigenvalue weighted by Crippen LogP contribution is 2.45. The van der Waals surface area contributed by atoms with Crippen molar-refractivity contribution in [2.45, 2.75) is 75.4 Å². The molecule has 5 nitrogen and oxygen atoms in total. The van der Waals surface area contributed by atoms with Gasteiger partial charge < -0.3 is 9.47 Å². The van der Waals surface area contributed by atoms with Crippen molar-refractivity contribution in [1.82, 2.24) is 19.4 Å². The van der Waals surface area contributed by atoms with E-state index in [0.717, 1.165) is 37.1 Å². The molecular weight excluding hydrogens is 547 g/mol. The van der Waals surface area contributed by atoms with Gasteiger partial charge in [-0.05, 0) is 93.7 Å². The number of likely N-dealkylation sites (tertiary alicyclic amines) is 1. The Labute approximate surface area is 252 Å². The molecule has 7 rings (SSSR count). The molecule has 218 valence electrons. The van der Waals surface area contributed by atoms with Crippen molar-refractivity contribution in [2.24, 2.45) is 0 Å². The van der Waals surface area contributed by atoms with Crippen molar-refractivity contribution in [2.75, 3.05) is 19.6 Å². The van der Waals surface area contributed by atoms with Crippen LogP contribution in [0.5, 0.6) is 0 Å². The number of imidazole rings is 1. The van der Waals surface area contributed by atoms with Crippen molar-refractivity contribution >= 4 is 28.5 Å². The van der Waals surface area contributed by atoms with Gasteiger partial charge in [-0.25, -0.2) is 9.37 Å². The van der Waals surface area contributed by atoms with Crippen LogP contribution in [-0.2, 0) is 5.41 Å². The predicted octanol–water partition coefficient (Wildman–Crippen LogP) is 7.57. The lowest BCUT2D eigenvalue weighted by atomic mass is 9.70. The van der Waals surface area contributed by atoms with Crippen molar-refractivity contribution < 1.29 is 9.18 Å². The second-order valence-electron chi connectivity index (χ2n) is 12.6. The van der Waals surface area contributed by atoms with E-state index >= 15 is 0 Å². The van der Waals surface area contributed by atoms with E-state index < -0.39 is 5.82 Å². The highest BCUT2D eigenvalue weighted by molar-refractivity contribution is 6.31. The van der Waals surface area contributed by atoms with Crippen LogP contribution in [0.15, 0.2) is 72.8 Å². The highest BCUT2D eigenvalue weighted by Gasteiger charge is 2.44. The van der Waals surface area contributed by atoms with E-state index in [1.165, 1.54) is 48.9 Å². The quantitative estimate of drug-likeness (QED) is 0.235. The zero-order valence-electron chi connectivity index (χ0n) is 24.2. The lowest BCUT2D eigenvalue weighted by molar-refractivity contribution is 0.0603. The number of carbonyl (C=O) groups excluding carboxylic acids is 1. The van der Waals surface area contributed by atoms with E-state index in [2.05, 4.69) is 71.0 Å². The molecule has 0 spiro atoms. The fourth-order valence-corrected chi connectivity index (χ4v) is 8.42. The number of carbonyl (C=O) groups is 1. The Morgan fingerprint density at radius 2 is 1.62 bits per heavy atom. The van der Waals surface area contributed by atoms with Gasteiger partial charge in [-0.3, -0.25) is 9.69 Å². The maximum Gasteiger partial charge on any atom is 0.256 e. The molecule has 0 N–H and O–H groups in total. The van der Waals surface area contributed by atoms with E-state index in [-0.39, 0.29) is 21.9 Å². The second-order valence-corrected chi connectivity index (χ2v) is 13.0. The zero-order valence-corrected chi connectivity index (χ0v) is 24.9. The first-order valence-electron chi connectivity index (χ1n) is 15.4. The number of amides is 1. The Kier molecular flexibility index (Phi) is 7.31. The van der Waals surface area contributed by atoms with Crippen LogP contribution in [-0.4, -0.2) is 57.0 Å². The normalized spacial score (nSPS) is 23.9. The summed E-state index contributed by atoms with van der Waals surface area (Å²) in [5.74, 6) is 0.233. The number of para-hydroxylation sites is 2. The van der Waals surface area contributed by atoms with Crippen LogP contribution in [0.3, 0.4) is 0 Å². The molecule has 4 aromatic rings. The van der Waals surface area contributed by atoms with Crippen LogP contribution in [0.2, 0.25) is 5.02 Å². The molecule has 3 aliphatic rings. The van der Waals surface area contributed by atoms with E-state index in [9.17, 15) is 9.18 Å². The van der Waals surface area contributed by atoms with Gasteiger partial charge in [0.05, 0.1) is 21.6 Å². The third-order valence-corrected chi connectivity index (χ3v) is 10.7. The summed E-state index contributed by atoms with van der Waals surface area (Å²) < 4.78 is 17.2. The number of piperidine rings is 2. The van der Waals surface area contributed by atoms with Crippen LogP contribution >= 0.6 is 11.6 Å². The van der Waals surface area contributed by atoms with Gasteiger partial charge in [-0.1, -0.05) is 60.1 Å². The van der Waals surface area contributed by atoms with Gasteiger partial charge in [0.2, 0.25) is 0 Å². The maximum atomic E-state index is 14.7. The first kappa shape index (κ1) is 27.6. The summed E-state index contributed by atoms with van der Waals surface area (Å²) in [6, 6.07) is 25.7. The van der Waals surface area contributed by atoms with E-state index in [1.807, 2.05) is 4.90 Å². The van der Waals surface area contributed by atoms with Crippen molar-refractivity contribution in [3.8, 4) is 0 Å². The average molecular weight is 585 g/mol. The lowest BCUT2D eigenvalue weighted by Gasteiger charge is -2.45. The molecule has 2 bridgehead atoms. The SMILES string of the molecule is Cc1nc2ccccc2n1C1C[C@H]2CC[C@@H](C1)N2CCC1(c2ccccc2)CCN(C(=O)c2cccc(Cl)c2F)CC1. The van der Waals surface area contributed by atoms with Gasteiger partial charge in [0.25, 0.3) is 5.91 Å². The number of halogens is 2. The zero-order chi connectivity index (χ0) is 28.8. The van der Waals surface area contributed by atoms with Gasteiger partial charge in [0.15, 0.2) is 5.82 Å². The van der Waals surface area contributed by atoms with Gasteiger partial charge in [0, 0.05) is 31.2 Å². The Bertz CT molecular complexity index is 1580. The first-order chi connectivity index (χ1) is 20.4. The monoisotopic (exact) mass is 584 g/mol. The molecule has 0 aliphatic carbocycles. The summed E-state index contributed by atoms with van der Waals surface area (Å²) in [7, 11) is 0. The standard InChI is InChI=1S/C35H38ClFN4O/c1-24-38-31-12-5-6-13-32(31)41(24)28-22-26-14-15-27(23-28)40(26)21-18-35(25-8-3-2-4-9-25)16-19-39(20-17-35)34(42)29-10-7-11-30(36)33(29)37/h2-13,26-28H,14-23H2,1H3/t26-,27+,28?. The molecule has 0 radical (unpaired) electrons. The summed E-state index contributed by atoms with van der Waals surface area (Å²) in [5, 5.41) is -0.00808. The van der Waals surface area contributed by atoms with Crippen molar-refractivity contribution in [3.05, 3.63) is 101 Å². The molecule has 3 aromatic carbocycles. The number of fused-ring (bicyclic) bond motifs is 3. The first-order valence-corrected chi connectivity index (χ1v) is 15.8. The molecule has 4 heterocycles. The van der Waals surface area contributed by atoms with E-state index in [1.54, 1.807) is 6.07 Å². The minimum absolute atomic E-state index is 0.00164. The topological polar surface area (TPSA) is 41.4 Å². The summed E-state index contributed by atoms with van der Waals surface area (Å²) in [5.41, 5.74) is 3.77. The van der Waals surface area contributed by atoms with Crippen LogP contribution in [0.1, 0.15) is 72.7 Å². The largest absolute Gasteiger partial charge is 0.338 e. The Hall–Kier alpha value is -3.22. The predicted molar refractivity (Wildman–Crippen MR) is 166 cm³/mol. The Morgan fingerprint density at radius 1 is 0.929 bits per heavy atom. The molecule has 0 saturated carbocycles. The number of aromatic nitrogens is 2. The molecule has 3 aliphatic heterocycles. The van der Waals surface area contributed by atoms with Crippen LogP contribution in [0.25, 0.3) is 11.0 Å². The Balaban J connectivity index is 1.07. The number of aryl methyl sites for hydroxylation is 1. The number of hydrogen-bond donors (Lipinski definition) is 0. The smallest absolute Gasteiger partial charge is 0.256 e. The number of nitrogens with zero attached hydrogens (tertiary/aromatic N) is 4. The maximum absolute atomic E-state index is 14.7. The molecule has 3 saturated heterocycles. The molecule has 7 heteroatoms. The number of hydrogen-bond acceptors (Lipinski definition) is 3. The molecule has 1 amide bonds. The second kappa shape index (κ2) is 11.1. The summed E-state index contributed by atoms with van der Waals surface area (Å²) in [6.07, 6.45) is 7.67.